The number of rotatable bonds is 3. The first-order valence-corrected chi connectivity index (χ1v) is 3.79. The Morgan fingerprint density at radius 3 is 1.87 bits per heavy atom. The lowest BCUT2D eigenvalue weighted by Crippen LogP contribution is -2.56. The molecule has 15 heavy (non-hydrogen) atoms. The number of halogens is 3. The molecule has 0 fully saturated rings. The maximum Gasteiger partial charge on any atom is 0.471 e. The lowest BCUT2D eigenvalue weighted by molar-refractivity contribution is -0.177. The molecule has 0 rings (SSSR count). The quantitative estimate of drug-likeness (QED) is 0.630. The van der Waals surface area contributed by atoms with Crippen molar-refractivity contribution in [1.82, 2.24) is 5.32 Å². The van der Waals surface area contributed by atoms with Gasteiger partial charge in [0.25, 0.3) is 0 Å². The summed E-state index contributed by atoms with van der Waals surface area (Å²) in [6, 6.07) is -2.02. The maximum atomic E-state index is 11.8. The van der Waals surface area contributed by atoms with Crippen LogP contribution in [0.1, 0.15) is 13.8 Å². The Kier molecular flexibility index (Phi) is 3.70. The Morgan fingerprint density at radius 1 is 1.27 bits per heavy atom. The lowest BCUT2D eigenvalue weighted by atomic mass is 9.99. The molecule has 5 nitrogen and oxygen atoms in total. The van der Waals surface area contributed by atoms with Crippen molar-refractivity contribution in [2.75, 3.05) is 0 Å². The van der Waals surface area contributed by atoms with E-state index in [9.17, 15) is 27.9 Å². The minimum absolute atomic E-state index is 0.975. The van der Waals surface area contributed by atoms with Gasteiger partial charge < -0.3 is 15.5 Å². The average molecular weight is 229 g/mol. The number of carbonyl (C=O) groups is 2. The zero-order chi connectivity index (χ0) is 12.4. The van der Waals surface area contributed by atoms with Crippen molar-refractivity contribution in [3.63, 3.8) is 0 Å². The molecule has 0 radical (unpaired) electrons. The molecule has 1 atom stereocenters. The van der Waals surface area contributed by atoms with Crippen LogP contribution in [-0.2, 0) is 9.59 Å². The van der Waals surface area contributed by atoms with E-state index in [0.717, 1.165) is 13.8 Å². The highest BCUT2D eigenvalue weighted by Gasteiger charge is 2.44. The average Bonchev–Trinajstić information content (AvgIpc) is 1.94. The van der Waals surface area contributed by atoms with Gasteiger partial charge in [0.2, 0.25) is 0 Å². The standard InChI is InChI=1S/C7H10F3NO4/c1-6(2,15)3(4(12)13)11-5(14)7(8,9)10/h3,15H,1-2H3,(H,11,14)(H,12,13)/t3-/m1/s1. The topological polar surface area (TPSA) is 86.6 Å². The third-order valence-electron chi connectivity index (χ3n) is 1.49. The van der Waals surface area contributed by atoms with Crippen LogP contribution in [0.4, 0.5) is 13.2 Å². The van der Waals surface area contributed by atoms with E-state index in [1.54, 1.807) is 0 Å². The Hall–Kier alpha value is -1.31. The number of hydrogen-bond acceptors (Lipinski definition) is 3. The number of carbonyl (C=O) groups excluding carboxylic acids is 1. The smallest absolute Gasteiger partial charge is 0.471 e. The zero-order valence-electron chi connectivity index (χ0n) is 7.92. The summed E-state index contributed by atoms with van der Waals surface area (Å²) in [5.74, 6) is -4.16. The molecular weight excluding hydrogens is 219 g/mol. The van der Waals surface area contributed by atoms with Crippen LogP contribution in [0.3, 0.4) is 0 Å². The summed E-state index contributed by atoms with van der Waals surface area (Å²) in [7, 11) is 0. The van der Waals surface area contributed by atoms with Gasteiger partial charge in [0.05, 0.1) is 5.60 Å². The number of carboxylic acid groups (broad SMARTS) is 1. The van der Waals surface area contributed by atoms with Crippen LogP contribution < -0.4 is 5.32 Å². The number of aliphatic hydroxyl groups is 1. The molecule has 0 saturated carbocycles. The van der Waals surface area contributed by atoms with Crippen LogP contribution in [0.5, 0.6) is 0 Å². The van der Waals surface area contributed by atoms with Crippen molar-refractivity contribution >= 4 is 11.9 Å². The van der Waals surface area contributed by atoms with Gasteiger partial charge in [-0.2, -0.15) is 13.2 Å². The molecule has 1 amide bonds. The maximum absolute atomic E-state index is 11.8. The van der Waals surface area contributed by atoms with E-state index in [4.69, 9.17) is 5.11 Å². The molecule has 0 aliphatic rings. The van der Waals surface area contributed by atoms with Gasteiger partial charge in [-0.3, -0.25) is 4.79 Å². The Balaban J connectivity index is 4.74. The predicted molar refractivity (Wildman–Crippen MR) is 41.9 cm³/mol. The van der Waals surface area contributed by atoms with Crippen LogP contribution in [0.25, 0.3) is 0 Å². The molecule has 0 aromatic heterocycles. The predicted octanol–water partition coefficient (Wildman–Crippen LogP) is -0.111. The molecule has 0 spiro atoms. The highest BCUT2D eigenvalue weighted by molar-refractivity contribution is 5.87. The van der Waals surface area contributed by atoms with E-state index in [-0.39, 0.29) is 0 Å². The largest absolute Gasteiger partial charge is 0.480 e. The minimum atomic E-state index is -5.18. The number of carboxylic acids is 1. The third-order valence-corrected chi connectivity index (χ3v) is 1.49. The highest BCUT2D eigenvalue weighted by atomic mass is 19.4. The fraction of sp³-hybridized carbons (Fsp3) is 0.714. The number of nitrogens with one attached hydrogen (secondary N) is 1. The second-order valence-electron chi connectivity index (χ2n) is 3.40. The fourth-order valence-corrected chi connectivity index (χ4v) is 0.753. The van der Waals surface area contributed by atoms with Gasteiger partial charge in [0.15, 0.2) is 6.04 Å². The van der Waals surface area contributed by atoms with E-state index in [2.05, 4.69) is 0 Å². The molecule has 0 unspecified atom stereocenters. The van der Waals surface area contributed by atoms with Crippen molar-refractivity contribution in [3.8, 4) is 0 Å². The monoisotopic (exact) mass is 229 g/mol. The number of aliphatic carboxylic acids is 1. The Morgan fingerprint density at radius 2 is 1.67 bits per heavy atom. The van der Waals surface area contributed by atoms with E-state index in [1.165, 1.54) is 5.32 Å². The van der Waals surface area contributed by atoms with E-state index in [1.807, 2.05) is 0 Å². The van der Waals surface area contributed by atoms with E-state index in [0.29, 0.717) is 0 Å². The number of hydrogen-bond donors (Lipinski definition) is 3. The molecule has 8 heteroatoms. The Labute approximate surface area is 82.9 Å². The van der Waals surface area contributed by atoms with Crippen LogP contribution in [0.2, 0.25) is 0 Å². The molecule has 0 aromatic rings. The van der Waals surface area contributed by atoms with Crippen LogP contribution >= 0.6 is 0 Å². The second-order valence-corrected chi connectivity index (χ2v) is 3.40. The van der Waals surface area contributed by atoms with Crippen molar-refractivity contribution < 1.29 is 33.0 Å². The summed E-state index contributed by atoms with van der Waals surface area (Å²) in [6.45, 7) is 1.95. The number of amides is 1. The first kappa shape index (κ1) is 13.7. The zero-order valence-corrected chi connectivity index (χ0v) is 7.92. The summed E-state index contributed by atoms with van der Waals surface area (Å²) >= 11 is 0. The van der Waals surface area contributed by atoms with Crippen molar-refractivity contribution in [2.24, 2.45) is 0 Å². The molecule has 3 N–H and O–H groups in total. The molecule has 0 aliphatic heterocycles. The van der Waals surface area contributed by atoms with Crippen LogP contribution in [0, 0.1) is 0 Å². The summed E-state index contributed by atoms with van der Waals surface area (Å²) in [5, 5.41) is 18.9. The third kappa shape index (κ3) is 4.15. The van der Waals surface area contributed by atoms with Crippen molar-refractivity contribution in [1.29, 1.82) is 0 Å². The lowest BCUT2D eigenvalue weighted by Gasteiger charge is -2.26. The number of alkyl halides is 3. The molecule has 0 heterocycles. The first-order chi connectivity index (χ1) is 6.46. The second kappa shape index (κ2) is 4.05. The first-order valence-electron chi connectivity index (χ1n) is 3.79. The molecule has 0 saturated heterocycles. The summed E-state index contributed by atoms with van der Waals surface area (Å²) < 4.78 is 35.3. The molecule has 88 valence electrons. The summed E-state index contributed by atoms with van der Waals surface area (Å²) in [4.78, 5) is 20.9. The molecule has 0 aromatic carbocycles. The highest BCUT2D eigenvalue weighted by Crippen LogP contribution is 2.16. The van der Waals surface area contributed by atoms with Gasteiger partial charge in [0, 0.05) is 0 Å². The Bertz CT molecular complexity index is 268. The van der Waals surface area contributed by atoms with Gasteiger partial charge in [-0.25, -0.2) is 4.79 Å². The SMILES string of the molecule is CC(C)(O)[C@H](NC(=O)C(F)(F)F)C(=O)O. The molecule has 0 bridgehead atoms. The van der Waals surface area contributed by atoms with E-state index < -0.39 is 29.7 Å². The summed E-state index contributed by atoms with van der Waals surface area (Å²) in [6.07, 6.45) is -5.18. The molecule has 0 aliphatic carbocycles. The minimum Gasteiger partial charge on any atom is -0.480 e. The van der Waals surface area contributed by atoms with Crippen molar-refractivity contribution in [2.45, 2.75) is 31.7 Å². The summed E-state index contributed by atoms with van der Waals surface area (Å²) in [5.41, 5.74) is -1.99. The van der Waals surface area contributed by atoms with Crippen molar-refractivity contribution in [3.05, 3.63) is 0 Å². The van der Waals surface area contributed by atoms with Gasteiger partial charge >= 0.3 is 18.1 Å². The van der Waals surface area contributed by atoms with Gasteiger partial charge in [-0.1, -0.05) is 0 Å². The molecular formula is C7H10F3NO4. The van der Waals surface area contributed by atoms with E-state index >= 15 is 0 Å². The van der Waals surface area contributed by atoms with Gasteiger partial charge in [-0.15, -0.1) is 0 Å². The normalized spacial score (nSPS) is 14.5. The van der Waals surface area contributed by atoms with Crippen LogP contribution in [0.15, 0.2) is 0 Å². The van der Waals surface area contributed by atoms with Gasteiger partial charge in [0.1, 0.15) is 0 Å². The van der Waals surface area contributed by atoms with Gasteiger partial charge in [-0.05, 0) is 13.8 Å². The van der Waals surface area contributed by atoms with Crippen LogP contribution in [-0.4, -0.2) is 39.9 Å². The fourth-order valence-electron chi connectivity index (χ4n) is 0.753.